The van der Waals surface area contributed by atoms with Crippen molar-refractivity contribution in [1.29, 1.82) is 0 Å². The third kappa shape index (κ3) is 2.33. The smallest absolute Gasteiger partial charge is 0.278 e. The van der Waals surface area contributed by atoms with E-state index in [0.29, 0.717) is 0 Å². The quantitative estimate of drug-likeness (QED) is 0.588. The lowest BCUT2D eigenvalue weighted by molar-refractivity contribution is -0.901. The second-order valence-corrected chi connectivity index (χ2v) is 4.02. The number of likely N-dealkylation sites (tertiary alicyclic amines) is 1. The molecule has 15 heavy (non-hydrogen) atoms. The highest BCUT2D eigenvalue weighted by Gasteiger charge is 2.20. The van der Waals surface area contributed by atoms with Gasteiger partial charge >= 0.3 is 0 Å². The molecule has 4 heteroatoms. The van der Waals surface area contributed by atoms with Crippen molar-refractivity contribution in [3.05, 3.63) is 39.9 Å². The Labute approximate surface area is 88.7 Å². The molecule has 1 saturated heterocycles. The summed E-state index contributed by atoms with van der Waals surface area (Å²) in [7, 11) is 0. The summed E-state index contributed by atoms with van der Waals surface area (Å²) in [6.45, 7) is 3.08. The number of hydrogen-bond acceptors (Lipinski definition) is 2. The standard InChI is InChI=1S/C11H14N2O2/c14-13(15)11-6-2-1-5-10(11)9-12-7-3-4-8-12/h1-2,5-6H,3-4,7-9H2/p+1. The molecule has 2 rings (SSSR count). The number of quaternary nitrogens is 1. The Balaban J connectivity index is 2.15. The number of para-hydroxylation sites is 1. The summed E-state index contributed by atoms with van der Waals surface area (Å²) in [5.74, 6) is 0. The van der Waals surface area contributed by atoms with Crippen LogP contribution in [-0.4, -0.2) is 18.0 Å². The summed E-state index contributed by atoms with van der Waals surface area (Å²) in [6, 6.07) is 7.05. The van der Waals surface area contributed by atoms with Crippen LogP contribution in [0.1, 0.15) is 18.4 Å². The van der Waals surface area contributed by atoms with Gasteiger partial charge in [0.05, 0.1) is 23.6 Å². The fraction of sp³-hybridized carbons (Fsp3) is 0.455. The average Bonchev–Trinajstić information content (AvgIpc) is 2.71. The van der Waals surface area contributed by atoms with Crippen LogP contribution in [0.3, 0.4) is 0 Å². The molecule has 1 heterocycles. The van der Waals surface area contributed by atoms with E-state index in [-0.39, 0.29) is 10.6 Å². The molecule has 1 aromatic rings. The van der Waals surface area contributed by atoms with Gasteiger partial charge in [-0.25, -0.2) is 0 Å². The molecule has 1 aliphatic rings. The molecule has 0 aliphatic carbocycles. The van der Waals surface area contributed by atoms with Crippen molar-refractivity contribution in [3.63, 3.8) is 0 Å². The van der Waals surface area contributed by atoms with Crippen LogP contribution in [0.4, 0.5) is 5.69 Å². The average molecular weight is 207 g/mol. The normalized spacial score (nSPS) is 16.8. The third-order valence-electron chi connectivity index (χ3n) is 2.94. The lowest BCUT2D eigenvalue weighted by atomic mass is 10.1. The third-order valence-corrected chi connectivity index (χ3v) is 2.94. The van der Waals surface area contributed by atoms with Crippen molar-refractivity contribution >= 4 is 5.69 Å². The van der Waals surface area contributed by atoms with Crippen LogP contribution in [-0.2, 0) is 6.54 Å². The molecule has 0 saturated carbocycles. The van der Waals surface area contributed by atoms with Gasteiger partial charge in [0, 0.05) is 18.9 Å². The summed E-state index contributed by atoms with van der Waals surface area (Å²) < 4.78 is 0. The number of nitro groups is 1. The zero-order chi connectivity index (χ0) is 10.7. The van der Waals surface area contributed by atoms with Crippen LogP contribution in [0.15, 0.2) is 24.3 Å². The summed E-state index contributed by atoms with van der Waals surface area (Å²) in [5.41, 5.74) is 1.12. The van der Waals surface area contributed by atoms with Crippen LogP contribution in [0.5, 0.6) is 0 Å². The molecular formula is C11H15N2O2+. The molecule has 1 aromatic carbocycles. The van der Waals surface area contributed by atoms with E-state index in [2.05, 4.69) is 0 Å². The van der Waals surface area contributed by atoms with Gasteiger partial charge in [-0.3, -0.25) is 10.1 Å². The molecule has 80 valence electrons. The number of nitrogens with zero attached hydrogens (tertiary/aromatic N) is 1. The molecule has 0 unspecified atom stereocenters. The molecular weight excluding hydrogens is 192 g/mol. The van der Waals surface area contributed by atoms with Gasteiger partial charge in [-0.05, 0) is 6.07 Å². The van der Waals surface area contributed by atoms with Gasteiger partial charge in [-0.2, -0.15) is 0 Å². The maximum absolute atomic E-state index is 10.8. The van der Waals surface area contributed by atoms with Gasteiger partial charge < -0.3 is 4.90 Å². The molecule has 1 fully saturated rings. The fourth-order valence-electron chi connectivity index (χ4n) is 2.16. The van der Waals surface area contributed by atoms with Crippen molar-refractivity contribution in [1.82, 2.24) is 0 Å². The van der Waals surface area contributed by atoms with Crippen molar-refractivity contribution in [2.24, 2.45) is 0 Å². The highest BCUT2D eigenvalue weighted by molar-refractivity contribution is 5.39. The monoisotopic (exact) mass is 207 g/mol. The highest BCUT2D eigenvalue weighted by Crippen LogP contribution is 2.16. The minimum Gasteiger partial charge on any atom is -0.331 e. The SMILES string of the molecule is O=[N+]([O-])c1ccccc1C[NH+]1CCCC1. The number of nitro benzene ring substituents is 1. The molecule has 0 aromatic heterocycles. The van der Waals surface area contributed by atoms with Crippen LogP contribution in [0.2, 0.25) is 0 Å². The Hall–Kier alpha value is -1.42. The van der Waals surface area contributed by atoms with E-state index < -0.39 is 0 Å². The first-order chi connectivity index (χ1) is 7.27. The van der Waals surface area contributed by atoms with Gasteiger partial charge in [-0.15, -0.1) is 0 Å². The summed E-state index contributed by atoms with van der Waals surface area (Å²) in [5, 5.41) is 10.8. The van der Waals surface area contributed by atoms with E-state index in [0.717, 1.165) is 25.2 Å². The Morgan fingerprint density at radius 1 is 1.27 bits per heavy atom. The summed E-state index contributed by atoms with van der Waals surface area (Å²) in [6.07, 6.45) is 2.49. The predicted molar refractivity (Wildman–Crippen MR) is 56.7 cm³/mol. The number of hydrogen-bond donors (Lipinski definition) is 1. The molecule has 0 atom stereocenters. The maximum atomic E-state index is 10.8. The second-order valence-electron chi connectivity index (χ2n) is 4.02. The van der Waals surface area contributed by atoms with E-state index in [4.69, 9.17) is 0 Å². The van der Waals surface area contributed by atoms with Gasteiger partial charge in [0.2, 0.25) is 0 Å². The van der Waals surface area contributed by atoms with Crippen molar-refractivity contribution in [3.8, 4) is 0 Å². The van der Waals surface area contributed by atoms with Gasteiger partial charge in [0.1, 0.15) is 6.54 Å². The lowest BCUT2D eigenvalue weighted by Crippen LogP contribution is -3.08. The first-order valence-corrected chi connectivity index (χ1v) is 5.33. The van der Waals surface area contributed by atoms with Crippen LogP contribution >= 0.6 is 0 Å². The van der Waals surface area contributed by atoms with Crippen LogP contribution < -0.4 is 4.90 Å². The fourth-order valence-corrected chi connectivity index (χ4v) is 2.16. The predicted octanol–water partition coefficient (Wildman–Crippen LogP) is 0.774. The number of nitrogens with one attached hydrogen (secondary N) is 1. The molecule has 4 nitrogen and oxygen atoms in total. The highest BCUT2D eigenvalue weighted by atomic mass is 16.6. The van der Waals surface area contributed by atoms with Gasteiger partial charge in [0.25, 0.3) is 5.69 Å². The number of benzene rings is 1. The largest absolute Gasteiger partial charge is 0.331 e. The maximum Gasteiger partial charge on any atom is 0.278 e. The Bertz CT molecular complexity index is 359. The van der Waals surface area contributed by atoms with E-state index in [1.807, 2.05) is 12.1 Å². The molecule has 0 amide bonds. The first-order valence-electron chi connectivity index (χ1n) is 5.33. The Morgan fingerprint density at radius 2 is 1.93 bits per heavy atom. The topological polar surface area (TPSA) is 47.6 Å². The van der Waals surface area contributed by atoms with Crippen LogP contribution in [0.25, 0.3) is 0 Å². The van der Waals surface area contributed by atoms with E-state index in [1.54, 1.807) is 12.1 Å². The van der Waals surface area contributed by atoms with E-state index in [1.165, 1.54) is 17.7 Å². The number of rotatable bonds is 3. The first kappa shape index (κ1) is 10.1. The van der Waals surface area contributed by atoms with Crippen molar-refractivity contribution < 1.29 is 9.82 Å². The Kier molecular flexibility index (Phi) is 2.97. The molecule has 0 spiro atoms. The minimum atomic E-state index is -0.287. The van der Waals surface area contributed by atoms with Crippen molar-refractivity contribution in [2.45, 2.75) is 19.4 Å². The van der Waals surface area contributed by atoms with E-state index >= 15 is 0 Å². The van der Waals surface area contributed by atoms with Crippen molar-refractivity contribution in [2.75, 3.05) is 13.1 Å². The molecule has 1 aliphatic heterocycles. The zero-order valence-corrected chi connectivity index (χ0v) is 8.61. The molecule has 1 N–H and O–H groups in total. The molecule has 0 bridgehead atoms. The second kappa shape index (κ2) is 4.40. The summed E-state index contributed by atoms with van der Waals surface area (Å²) in [4.78, 5) is 12.0. The molecule has 0 radical (unpaired) electrons. The zero-order valence-electron chi connectivity index (χ0n) is 8.61. The lowest BCUT2D eigenvalue weighted by Gasteiger charge is -2.11. The van der Waals surface area contributed by atoms with E-state index in [9.17, 15) is 10.1 Å². The minimum absolute atomic E-state index is 0.261. The Morgan fingerprint density at radius 3 is 2.60 bits per heavy atom. The van der Waals surface area contributed by atoms with Crippen LogP contribution in [0, 0.1) is 10.1 Å². The van der Waals surface area contributed by atoms with Gasteiger partial charge in [0.15, 0.2) is 0 Å². The summed E-state index contributed by atoms with van der Waals surface area (Å²) >= 11 is 0. The van der Waals surface area contributed by atoms with Gasteiger partial charge in [-0.1, -0.05) is 12.1 Å².